The molecule has 0 saturated carbocycles. The summed E-state index contributed by atoms with van der Waals surface area (Å²) >= 11 is 0. The summed E-state index contributed by atoms with van der Waals surface area (Å²) in [7, 11) is 0. The minimum atomic E-state index is 0.404. The number of hydrogen-bond donors (Lipinski definition) is 0. The van der Waals surface area contributed by atoms with Crippen LogP contribution in [0.15, 0.2) is 98.5 Å². The summed E-state index contributed by atoms with van der Waals surface area (Å²) in [5, 5.41) is 4.42. The first-order chi connectivity index (χ1) is 18.8. The van der Waals surface area contributed by atoms with E-state index in [1.165, 1.54) is 12.5 Å². The fourth-order valence-electron chi connectivity index (χ4n) is 4.27. The van der Waals surface area contributed by atoms with Crippen molar-refractivity contribution >= 4 is 21.5 Å². The van der Waals surface area contributed by atoms with Crippen LogP contribution in [0.25, 0.3) is 32.7 Å². The molecule has 0 spiro atoms. The predicted molar refractivity (Wildman–Crippen MR) is 152 cm³/mol. The van der Waals surface area contributed by atoms with Crippen molar-refractivity contribution in [2.24, 2.45) is 0 Å². The van der Waals surface area contributed by atoms with Gasteiger partial charge in [-0.1, -0.05) is 73.8 Å². The molecule has 4 rings (SSSR count). The quantitative estimate of drug-likeness (QED) is 0.114. The number of rotatable bonds is 17. The van der Waals surface area contributed by atoms with E-state index in [0.29, 0.717) is 52.9 Å². The molecule has 0 radical (unpaired) electrons. The third kappa shape index (κ3) is 7.06. The Morgan fingerprint density at radius 1 is 0.474 bits per heavy atom. The molecule has 4 aromatic carbocycles. The highest BCUT2D eigenvalue weighted by Gasteiger charge is 2.19. The lowest BCUT2D eigenvalue weighted by molar-refractivity contribution is 0.0652. The smallest absolute Gasteiger partial charge is 0.128 e. The summed E-state index contributed by atoms with van der Waals surface area (Å²) in [6.07, 6.45) is 2.82. The first-order valence-electron chi connectivity index (χ1n) is 12.7. The van der Waals surface area contributed by atoms with Gasteiger partial charge in [-0.2, -0.15) is 0 Å². The van der Waals surface area contributed by atoms with Gasteiger partial charge in [0.1, 0.15) is 37.9 Å². The van der Waals surface area contributed by atoms with Gasteiger partial charge < -0.3 is 28.4 Å². The lowest BCUT2D eigenvalue weighted by Gasteiger charge is -2.20. The largest absolute Gasteiger partial charge is 0.499 e. The summed E-state index contributed by atoms with van der Waals surface area (Å²) < 4.78 is 34.1. The second-order valence-electron chi connectivity index (χ2n) is 8.32. The van der Waals surface area contributed by atoms with Crippen LogP contribution in [0.3, 0.4) is 0 Å². The summed E-state index contributed by atoms with van der Waals surface area (Å²) in [5.41, 5.74) is 1.98. The zero-order valence-electron chi connectivity index (χ0n) is 21.6. The summed E-state index contributed by atoms with van der Waals surface area (Å²) in [4.78, 5) is 0. The Morgan fingerprint density at radius 2 is 0.895 bits per heavy atom. The van der Waals surface area contributed by atoms with Crippen molar-refractivity contribution in [1.29, 1.82) is 0 Å². The van der Waals surface area contributed by atoms with Crippen molar-refractivity contribution in [2.75, 3.05) is 52.9 Å². The van der Waals surface area contributed by atoms with E-state index in [1.807, 2.05) is 36.4 Å². The molecule has 6 heteroatoms. The molecule has 0 N–H and O–H groups in total. The molecular weight excluding hydrogens is 480 g/mol. The zero-order valence-corrected chi connectivity index (χ0v) is 21.6. The van der Waals surface area contributed by atoms with Crippen molar-refractivity contribution in [1.82, 2.24) is 0 Å². The Labute approximate surface area is 224 Å². The molecule has 0 saturated heterocycles. The highest BCUT2D eigenvalue weighted by Crippen LogP contribution is 2.45. The second-order valence-corrected chi connectivity index (χ2v) is 8.32. The van der Waals surface area contributed by atoms with Crippen LogP contribution in [-0.2, 0) is 18.9 Å². The molecule has 38 heavy (non-hydrogen) atoms. The molecule has 0 atom stereocenters. The zero-order chi connectivity index (χ0) is 26.4. The van der Waals surface area contributed by atoms with Gasteiger partial charge in [-0.3, -0.25) is 0 Å². The van der Waals surface area contributed by atoms with Gasteiger partial charge in [-0.15, -0.1) is 0 Å². The number of ether oxygens (including phenoxy) is 6. The molecule has 0 aliphatic heterocycles. The first-order valence-corrected chi connectivity index (χ1v) is 12.7. The Morgan fingerprint density at radius 3 is 1.34 bits per heavy atom. The number of benzene rings is 4. The molecule has 0 unspecified atom stereocenters. The summed E-state index contributed by atoms with van der Waals surface area (Å²) in [6, 6.07) is 24.8. The monoisotopic (exact) mass is 514 g/mol. The third-order valence-electron chi connectivity index (χ3n) is 5.93. The Hall–Kier alpha value is -4.00. The maximum Gasteiger partial charge on any atom is 0.128 e. The minimum Gasteiger partial charge on any atom is -0.499 e. The fourth-order valence-corrected chi connectivity index (χ4v) is 4.27. The Bertz CT molecular complexity index is 1230. The second kappa shape index (κ2) is 14.7. The molecule has 0 aromatic heterocycles. The van der Waals surface area contributed by atoms with E-state index in [-0.39, 0.29) is 0 Å². The van der Waals surface area contributed by atoms with Gasteiger partial charge in [0, 0.05) is 11.1 Å². The Kier molecular flexibility index (Phi) is 10.4. The molecule has 0 aliphatic rings. The minimum absolute atomic E-state index is 0.404. The van der Waals surface area contributed by atoms with E-state index < -0.39 is 0 Å². The fraction of sp³-hybridized carbons (Fsp3) is 0.250. The molecule has 0 heterocycles. The van der Waals surface area contributed by atoms with Gasteiger partial charge in [0.15, 0.2) is 0 Å². The van der Waals surface area contributed by atoms with Crippen molar-refractivity contribution in [3.8, 4) is 22.6 Å². The van der Waals surface area contributed by atoms with Crippen LogP contribution in [-0.4, -0.2) is 52.9 Å². The topological polar surface area (TPSA) is 55.4 Å². The summed E-state index contributed by atoms with van der Waals surface area (Å²) in [5.74, 6) is 1.54. The van der Waals surface area contributed by atoms with E-state index in [2.05, 4.69) is 49.6 Å². The predicted octanol–water partition coefficient (Wildman–Crippen LogP) is 6.77. The van der Waals surface area contributed by atoms with Crippen LogP contribution in [0.4, 0.5) is 0 Å². The van der Waals surface area contributed by atoms with Crippen LogP contribution in [0.1, 0.15) is 0 Å². The van der Waals surface area contributed by atoms with E-state index in [1.54, 1.807) is 0 Å². The molecule has 0 fully saturated rings. The van der Waals surface area contributed by atoms with Crippen molar-refractivity contribution in [3.63, 3.8) is 0 Å². The van der Waals surface area contributed by atoms with Crippen LogP contribution in [0.5, 0.6) is 11.5 Å². The highest BCUT2D eigenvalue weighted by atomic mass is 16.5. The van der Waals surface area contributed by atoms with Crippen molar-refractivity contribution in [2.45, 2.75) is 0 Å². The van der Waals surface area contributed by atoms with Crippen LogP contribution < -0.4 is 9.47 Å². The maximum atomic E-state index is 6.30. The summed E-state index contributed by atoms with van der Waals surface area (Å²) in [6.45, 7) is 10.6. The van der Waals surface area contributed by atoms with Gasteiger partial charge in [0.05, 0.1) is 39.0 Å². The molecule has 4 aromatic rings. The molecule has 0 aliphatic carbocycles. The molecule has 0 amide bonds. The lowest BCUT2D eigenvalue weighted by atomic mass is 9.92. The third-order valence-corrected chi connectivity index (χ3v) is 5.93. The van der Waals surface area contributed by atoms with E-state index in [4.69, 9.17) is 28.4 Å². The standard InChI is InChI=1S/C32H34O6/c1-3-33-17-19-35-21-23-37-29-15-13-25-9-5-7-11-27(25)31(29)32-28-12-8-6-10-26(28)14-16-30(32)38-24-22-36-20-18-34-4-2/h3-16H,1-2,17-24H2. The highest BCUT2D eigenvalue weighted by molar-refractivity contribution is 6.09. The Balaban J connectivity index is 1.64. The number of hydrogen-bond acceptors (Lipinski definition) is 6. The molecule has 6 nitrogen and oxygen atoms in total. The molecule has 198 valence electrons. The maximum absolute atomic E-state index is 6.30. The van der Waals surface area contributed by atoms with Gasteiger partial charge in [0.2, 0.25) is 0 Å². The average Bonchev–Trinajstić information content (AvgIpc) is 2.96. The normalized spacial score (nSPS) is 10.8. The van der Waals surface area contributed by atoms with Gasteiger partial charge >= 0.3 is 0 Å². The van der Waals surface area contributed by atoms with E-state index in [0.717, 1.165) is 44.2 Å². The van der Waals surface area contributed by atoms with Crippen molar-refractivity contribution in [3.05, 3.63) is 98.5 Å². The molecule has 0 bridgehead atoms. The van der Waals surface area contributed by atoms with Crippen LogP contribution in [0, 0.1) is 0 Å². The molecular formula is C32H34O6. The number of fused-ring (bicyclic) bond motifs is 2. The first kappa shape index (κ1) is 27.0. The van der Waals surface area contributed by atoms with Crippen LogP contribution in [0.2, 0.25) is 0 Å². The van der Waals surface area contributed by atoms with Crippen LogP contribution >= 0.6 is 0 Å². The van der Waals surface area contributed by atoms with Crippen molar-refractivity contribution < 1.29 is 28.4 Å². The van der Waals surface area contributed by atoms with Gasteiger partial charge in [0.25, 0.3) is 0 Å². The van der Waals surface area contributed by atoms with E-state index >= 15 is 0 Å². The lowest BCUT2D eigenvalue weighted by Crippen LogP contribution is -2.11. The van der Waals surface area contributed by atoms with E-state index in [9.17, 15) is 0 Å². The van der Waals surface area contributed by atoms with Gasteiger partial charge in [-0.05, 0) is 33.7 Å². The SMILES string of the molecule is C=COCCOCCOc1ccc2ccccc2c1-c1c(OCCOCCOC=C)ccc2ccccc12. The average molecular weight is 515 g/mol. The van der Waals surface area contributed by atoms with Gasteiger partial charge in [-0.25, -0.2) is 0 Å².